The van der Waals surface area contributed by atoms with Gasteiger partial charge in [0.1, 0.15) is 0 Å². The fraction of sp³-hybridized carbons (Fsp3) is 0.941. The van der Waals surface area contributed by atoms with Gasteiger partial charge in [0.15, 0.2) is 15.8 Å². The van der Waals surface area contributed by atoms with Crippen LogP contribution in [0, 0.1) is 11.8 Å². The molecule has 2 aliphatic rings. The van der Waals surface area contributed by atoms with Crippen molar-refractivity contribution in [3.8, 4) is 0 Å². The lowest BCUT2D eigenvalue weighted by Gasteiger charge is -2.35. The number of nitrogens with one attached hydrogen (secondary N) is 2. The minimum Gasteiger partial charge on any atom is -0.379 e. The molecular formula is C17H35IN4O3S. The van der Waals surface area contributed by atoms with Crippen molar-refractivity contribution in [1.29, 1.82) is 0 Å². The molecule has 2 heterocycles. The lowest BCUT2D eigenvalue weighted by Crippen LogP contribution is -2.51. The van der Waals surface area contributed by atoms with Crippen LogP contribution in [0.3, 0.4) is 0 Å². The first-order valence-corrected chi connectivity index (χ1v) is 11.2. The van der Waals surface area contributed by atoms with E-state index < -0.39 is 9.84 Å². The van der Waals surface area contributed by atoms with Crippen LogP contribution < -0.4 is 10.6 Å². The molecule has 2 rings (SSSR count). The first-order chi connectivity index (χ1) is 11.9. The predicted octanol–water partition coefficient (Wildman–Crippen LogP) is 0.951. The molecule has 0 aromatic heterocycles. The zero-order valence-electron chi connectivity index (χ0n) is 16.2. The highest BCUT2D eigenvalue weighted by molar-refractivity contribution is 14.0. The zero-order chi connectivity index (χ0) is 18.3. The summed E-state index contributed by atoms with van der Waals surface area (Å²) in [5, 5.41) is 6.72. The van der Waals surface area contributed by atoms with Gasteiger partial charge in [0.25, 0.3) is 0 Å². The quantitative estimate of drug-likeness (QED) is 0.307. The zero-order valence-corrected chi connectivity index (χ0v) is 19.4. The van der Waals surface area contributed by atoms with E-state index in [-0.39, 0.29) is 29.9 Å². The van der Waals surface area contributed by atoms with E-state index >= 15 is 0 Å². The highest BCUT2D eigenvalue weighted by atomic mass is 127. The number of halogens is 1. The molecule has 0 aliphatic carbocycles. The Kier molecular flexibility index (Phi) is 10.7. The van der Waals surface area contributed by atoms with Crippen molar-refractivity contribution >= 4 is 39.8 Å². The van der Waals surface area contributed by atoms with Crippen LogP contribution in [0.2, 0.25) is 0 Å². The summed E-state index contributed by atoms with van der Waals surface area (Å²) < 4.78 is 28.6. The summed E-state index contributed by atoms with van der Waals surface area (Å²) in [6.45, 7) is 9.56. The van der Waals surface area contributed by atoms with E-state index in [4.69, 9.17) is 4.74 Å². The average Bonchev–Trinajstić information content (AvgIpc) is 2.93. The smallest absolute Gasteiger partial charge is 0.191 e. The fourth-order valence-corrected chi connectivity index (χ4v) is 5.42. The van der Waals surface area contributed by atoms with Crippen LogP contribution in [0.1, 0.15) is 26.7 Å². The second kappa shape index (κ2) is 11.7. The Morgan fingerprint density at radius 1 is 1.27 bits per heavy atom. The van der Waals surface area contributed by atoms with Crippen LogP contribution in [-0.2, 0) is 14.6 Å². The molecule has 2 N–H and O–H groups in total. The number of aliphatic imine (C=N–C) groups is 1. The highest BCUT2D eigenvalue weighted by Gasteiger charge is 2.28. The molecule has 154 valence electrons. The molecule has 0 aromatic carbocycles. The van der Waals surface area contributed by atoms with Gasteiger partial charge in [-0.3, -0.25) is 9.89 Å². The molecule has 2 fully saturated rings. The van der Waals surface area contributed by atoms with Gasteiger partial charge in [-0.05, 0) is 24.7 Å². The van der Waals surface area contributed by atoms with E-state index in [0.717, 1.165) is 51.6 Å². The third-order valence-corrected chi connectivity index (χ3v) is 6.76. The predicted molar refractivity (Wildman–Crippen MR) is 117 cm³/mol. The number of hydrogen-bond acceptors (Lipinski definition) is 5. The van der Waals surface area contributed by atoms with Crippen molar-refractivity contribution in [1.82, 2.24) is 15.5 Å². The van der Waals surface area contributed by atoms with Gasteiger partial charge >= 0.3 is 0 Å². The Hall–Kier alpha value is -0.130. The summed E-state index contributed by atoms with van der Waals surface area (Å²) in [5.41, 5.74) is 0. The Morgan fingerprint density at radius 2 is 1.96 bits per heavy atom. The first-order valence-electron chi connectivity index (χ1n) is 9.36. The molecule has 2 atom stereocenters. The maximum Gasteiger partial charge on any atom is 0.191 e. The maximum absolute atomic E-state index is 11.6. The second-order valence-corrected chi connectivity index (χ2v) is 9.76. The summed E-state index contributed by atoms with van der Waals surface area (Å²) in [6.07, 6.45) is 1.88. The Bertz CT molecular complexity index is 536. The molecule has 0 bridgehead atoms. The van der Waals surface area contributed by atoms with E-state index in [0.29, 0.717) is 30.0 Å². The van der Waals surface area contributed by atoms with Gasteiger partial charge in [0.05, 0.1) is 24.7 Å². The number of guanidine groups is 1. The van der Waals surface area contributed by atoms with Crippen LogP contribution in [0.15, 0.2) is 4.99 Å². The summed E-state index contributed by atoms with van der Waals surface area (Å²) >= 11 is 0. The molecule has 7 nitrogen and oxygen atoms in total. The minimum absolute atomic E-state index is 0. The molecule has 9 heteroatoms. The molecule has 2 unspecified atom stereocenters. The number of sulfone groups is 1. The molecule has 0 saturated carbocycles. The largest absolute Gasteiger partial charge is 0.379 e. The number of ether oxygens (including phenoxy) is 1. The highest BCUT2D eigenvalue weighted by Crippen LogP contribution is 2.17. The minimum atomic E-state index is -2.82. The van der Waals surface area contributed by atoms with Crippen LogP contribution in [0.4, 0.5) is 0 Å². The van der Waals surface area contributed by atoms with E-state index in [2.05, 4.69) is 34.4 Å². The molecular weight excluding hydrogens is 467 g/mol. The van der Waals surface area contributed by atoms with Gasteiger partial charge < -0.3 is 15.4 Å². The fourth-order valence-electron chi connectivity index (χ4n) is 3.56. The lowest BCUT2D eigenvalue weighted by molar-refractivity contribution is 0.0132. The van der Waals surface area contributed by atoms with Crippen LogP contribution in [0.5, 0.6) is 0 Å². The van der Waals surface area contributed by atoms with E-state index in [9.17, 15) is 8.42 Å². The topological polar surface area (TPSA) is 83.0 Å². The van der Waals surface area contributed by atoms with Crippen LogP contribution >= 0.6 is 24.0 Å². The van der Waals surface area contributed by atoms with Crippen molar-refractivity contribution in [3.63, 3.8) is 0 Å². The molecule has 2 aliphatic heterocycles. The van der Waals surface area contributed by atoms with E-state index in [1.54, 1.807) is 7.05 Å². The number of rotatable bonds is 7. The van der Waals surface area contributed by atoms with Crippen molar-refractivity contribution in [3.05, 3.63) is 0 Å². The van der Waals surface area contributed by atoms with Crippen molar-refractivity contribution in [2.45, 2.75) is 32.7 Å². The van der Waals surface area contributed by atoms with Gasteiger partial charge in [-0.25, -0.2) is 8.42 Å². The van der Waals surface area contributed by atoms with Gasteiger partial charge in [0, 0.05) is 39.3 Å². The van der Waals surface area contributed by atoms with Gasteiger partial charge in [-0.15, -0.1) is 24.0 Å². The molecule has 0 radical (unpaired) electrons. The van der Waals surface area contributed by atoms with Crippen LogP contribution in [-0.4, -0.2) is 83.3 Å². The first kappa shape index (κ1) is 23.9. The van der Waals surface area contributed by atoms with Gasteiger partial charge in [-0.1, -0.05) is 13.8 Å². The standard InChI is InChI=1S/C17H34N4O3S.HI/c1-14(2)10-16(21-5-7-24-8-6-21)12-20-17(18-3)19-11-15-4-9-25(22,23)13-15;/h14-16H,4-13H2,1-3H3,(H2,18,19,20);1H. The number of nitrogens with zero attached hydrogens (tertiary/aromatic N) is 2. The average molecular weight is 502 g/mol. The third kappa shape index (κ3) is 8.26. The summed E-state index contributed by atoms with van der Waals surface area (Å²) in [4.78, 5) is 6.78. The summed E-state index contributed by atoms with van der Waals surface area (Å²) in [5.74, 6) is 2.19. The normalized spacial score (nSPS) is 24.9. The Morgan fingerprint density at radius 3 is 2.50 bits per heavy atom. The Labute approximate surface area is 175 Å². The molecule has 2 saturated heterocycles. The summed E-state index contributed by atoms with van der Waals surface area (Å²) in [7, 11) is -1.07. The van der Waals surface area contributed by atoms with Gasteiger partial charge in [0.2, 0.25) is 0 Å². The molecule has 0 spiro atoms. The molecule has 0 amide bonds. The molecule has 26 heavy (non-hydrogen) atoms. The number of morpholine rings is 1. The van der Waals surface area contributed by atoms with Gasteiger partial charge in [-0.2, -0.15) is 0 Å². The maximum atomic E-state index is 11.6. The van der Waals surface area contributed by atoms with E-state index in [1.165, 1.54) is 0 Å². The monoisotopic (exact) mass is 502 g/mol. The Balaban J connectivity index is 0.00000338. The van der Waals surface area contributed by atoms with Crippen molar-refractivity contribution in [2.75, 3.05) is 57.9 Å². The second-order valence-electron chi connectivity index (χ2n) is 7.53. The lowest BCUT2D eigenvalue weighted by atomic mass is 10.0. The molecule has 0 aromatic rings. The van der Waals surface area contributed by atoms with E-state index in [1.807, 2.05) is 0 Å². The van der Waals surface area contributed by atoms with Crippen molar-refractivity contribution in [2.24, 2.45) is 16.8 Å². The summed E-state index contributed by atoms with van der Waals surface area (Å²) in [6, 6.07) is 0.453. The van der Waals surface area contributed by atoms with Crippen LogP contribution in [0.25, 0.3) is 0 Å². The SMILES string of the molecule is CN=C(NCC1CCS(=O)(=O)C1)NCC(CC(C)C)N1CCOCC1.I. The third-order valence-electron chi connectivity index (χ3n) is 4.92. The van der Waals surface area contributed by atoms with Crippen molar-refractivity contribution < 1.29 is 13.2 Å². The number of hydrogen-bond donors (Lipinski definition) is 2.